The molecule has 3 aliphatic carbocycles. The van der Waals surface area contributed by atoms with Crippen molar-refractivity contribution in [3.05, 3.63) is 119 Å². The van der Waals surface area contributed by atoms with Crippen LogP contribution in [0.2, 0.25) is 5.02 Å². The molecular weight excluding hydrogens is 456 g/mol. The topological polar surface area (TPSA) is 0 Å². The van der Waals surface area contributed by atoms with Crippen molar-refractivity contribution >= 4 is 11.6 Å². The van der Waals surface area contributed by atoms with Crippen LogP contribution in [-0.2, 0) is 5.41 Å². The summed E-state index contributed by atoms with van der Waals surface area (Å²) in [4.78, 5) is 0. The maximum absolute atomic E-state index is 7.23. The van der Waals surface area contributed by atoms with Gasteiger partial charge in [0.05, 0.1) is 0 Å². The molecule has 1 saturated carbocycles. The fraction of sp³-hybridized carbons (Fsp3) is 0.257. The van der Waals surface area contributed by atoms with E-state index in [9.17, 15) is 0 Å². The number of hydrogen-bond acceptors (Lipinski definition) is 0. The van der Waals surface area contributed by atoms with Gasteiger partial charge in [-0.05, 0) is 101 Å². The highest BCUT2D eigenvalue weighted by Crippen LogP contribution is 2.63. The van der Waals surface area contributed by atoms with E-state index in [1.54, 1.807) is 5.57 Å². The summed E-state index contributed by atoms with van der Waals surface area (Å²) in [6.45, 7) is 4.83. The van der Waals surface area contributed by atoms with Gasteiger partial charge in [-0.3, -0.25) is 0 Å². The van der Waals surface area contributed by atoms with Crippen molar-refractivity contribution in [2.24, 2.45) is 17.8 Å². The average molecular weight is 487 g/mol. The highest BCUT2D eigenvalue weighted by Gasteiger charge is 2.52. The second-order valence-corrected chi connectivity index (χ2v) is 11.7. The monoisotopic (exact) mass is 486 g/mol. The largest absolute Gasteiger partial charge is 0.0836 e. The van der Waals surface area contributed by atoms with Gasteiger partial charge in [-0.2, -0.15) is 0 Å². The van der Waals surface area contributed by atoms with Gasteiger partial charge in [0, 0.05) is 16.0 Å². The lowest BCUT2D eigenvalue weighted by atomic mass is 9.55. The number of benzene rings is 4. The van der Waals surface area contributed by atoms with Crippen LogP contribution in [0.25, 0.3) is 33.4 Å². The lowest BCUT2D eigenvalue weighted by molar-refractivity contribution is 0.168. The molecular formula is C35H31Cl. The van der Waals surface area contributed by atoms with Gasteiger partial charge >= 0.3 is 0 Å². The second-order valence-electron chi connectivity index (χ2n) is 11.3. The molecule has 0 heterocycles. The number of allylic oxidation sites excluding steroid dienone is 2. The molecule has 0 aliphatic heterocycles. The first kappa shape index (κ1) is 22.1. The van der Waals surface area contributed by atoms with Crippen LogP contribution in [0.1, 0.15) is 44.2 Å². The van der Waals surface area contributed by atoms with Crippen molar-refractivity contribution in [3.8, 4) is 33.4 Å². The van der Waals surface area contributed by atoms with E-state index in [1.165, 1.54) is 63.8 Å². The Morgan fingerprint density at radius 1 is 0.694 bits per heavy atom. The third-order valence-electron chi connectivity index (χ3n) is 9.17. The van der Waals surface area contributed by atoms with E-state index >= 15 is 0 Å². The van der Waals surface area contributed by atoms with Gasteiger partial charge in [0.15, 0.2) is 0 Å². The molecule has 0 radical (unpaired) electrons. The Morgan fingerprint density at radius 2 is 1.39 bits per heavy atom. The maximum Gasteiger partial charge on any atom is 0.0493 e. The number of fused-ring (bicyclic) bond motifs is 8. The highest BCUT2D eigenvalue weighted by atomic mass is 35.5. The van der Waals surface area contributed by atoms with E-state index in [2.05, 4.69) is 111 Å². The first-order valence-corrected chi connectivity index (χ1v) is 13.7. The molecule has 4 unspecified atom stereocenters. The molecule has 4 atom stereocenters. The van der Waals surface area contributed by atoms with Crippen LogP contribution < -0.4 is 0 Å². The average Bonchev–Trinajstić information content (AvgIpc) is 3.18. The van der Waals surface area contributed by atoms with Gasteiger partial charge < -0.3 is 0 Å². The molecule has 7 rings (SSSR count). The fourth-order valence-corrected chi connectivity index (χ4v) is 7.93. The van der Waals surface area contributed by atoms with Crippen LogP contribution >= 0.6 is 11.6 Å². The Kier molecular flexibility index (Phi) is 5.05. The molecule has 1 fully saturated rings. The highest BCUT2D eigenvalue weighted by molar-refractivity contribution is 6.34. The Bertz CT molecular complexity index is 1500. The van der Waals surface area contributed by atoms with Crippen LogP contribution in [0.15, 0.2) is 103 Å². The van der Waals surface area contributed by atoms with Gasteiger partial charge in [-0.15, -0.1) is 0 Å². The van der Waals surface area contributed by atoms with E-state index < -0.39 is 0 Å². The summed E-state index contributed by atoms with van der Waals surface area (Å²) in [7, 11) is 0. The molecule has 0 amide bonds. The Balaban J connectivity index is 1.53. The zero-order valence-electron chi connectivity index (χ0n) is 21.0. The summed E-state index contributed by atoms with van der Waals surface area (Å²) in [6.07, 6.45) is 6.52. The van der Waals surface area contributed by atoms with Crippen molar-refractivity contribution in [1.82, 2.24) is 0 Å². The lowest BCUT2D eigenvalue weighted by Gasteiger charge is -2.49. The summed E-state index contributed by atoms with van der Waals surface area (Å²) < 4.78 is 0. The van der Waals surface area contributed by atoms with Crippen molar-refractivity contribution in [1.29, 1.82) is 0 Å². The number of hydrogen-bond donors (Lipinski definition) is 0. The van der Waals surface area contributed by atoms with E-state index in [0.717, 1.165) is 10.9 Å². The van der Waals surface area contributed by atoms with E-state index in [4.69, 9.17) is 11.6 Å². The minimum absolute atomic E-state index is 0.108. The smallest absolute Gasteiger partial charge is 0.0493 e. The van der Waals surface area contributed by atoms with Gasteiger partial charge in [-0.25, -0.2) is 0 Å². The molecule has 1 spiro atoms. The summed E-state index contributed by atoms with van der Waals surface area (Å²) in [6, 6.07) is 33.2. The molecule has 36 heavy (non-hydrogen) atoms. The van der Waals surface area contributed by atoms with Crippen molar-refractivity contribution < 1.29 is 0 Å². The van der Waals surface area contributed by atoms with Crippen molar-refractivity contribution in [2.75, 3.05) is 0 Å². The van der Waals surface area contributed by atoms with E-state index in [-0.39, 0.29) is 5.41 Å². The summed E-state index contributed by atoms with van der Waals surface area (Å²) >= 11 is 7.23. The lowest BCUT2D eigenvalue weighted by Crippen LogP contribution is -2.42. The van der Waals surface area contributed by atoms with Gasteiger partial charge in [0.2, 0.25) is 0 Å². The Morgan fingerprint density at radius 3 is 2.11 bits per heavy atom. The van der Waals surface area contributed by atoms with E-state index in [0.29, 0.717) is 11.8 Å². The molecule has 3 aliphatic rings. The number of halogens is 1. The maximum atomic E-state index is 7.23. The van der Waals surface area contributed by atoms with Crippen LogP contribution in [0.3, 0.4) is 0 Å². The molecule has 0 saturated heterocycles. The predicted octanol–water partition coefficient (Wildman–Crippen LogP) is 9.95. The molecule has 4 aromatic rings. The normalized spacial score (nSPS) is 25.9. The molecule has 178 valence electrons. The summed E-state index contributed by atoms with van der Waals surface area (Å²) in [5.41, 5.74) is 11.8. The molecule has 0 aromatic heterocycles. The van der Waals surface area contributed by atoms with Crippen molar-refractivity contribution in [3.63, 3.8) is 0 Å². The van der Waals surface area contributed by atoms with Crippen LogP contribution in [0.5, 0.6) is 0 Å². The van der Waals surface area contributed by atoms with Crippen LogP contribution in [0, 0.1) is 17.8 Å². The Labute approximate surface area is 219 Å². The van der Waals surface area contributed by atoms with Crippen LogP contribution in [0.4, 0.5) is 0 Å². The number of rotatable bonds is 2. The Hall–Kier alpha value is -3.09. The standard InChI is InChI=1S/C35H31Cl/c1-22-15-27-17-29(16-22)35(21-23(27)2)31-14-13-26(24-9-5-3-6-10-24)18-30(31)34-32(35)19-28(20-33(34)36)25-11-7-4-8-12-25/h3-14,18-22,27,29H,15-17H2,1-2H3. The van der Waals surface area contributed by atoms with E-state index in [1.807, 2.05) is 0 Å². The predicted molar refractivity (Wildman–Crippen MR) is 152 cm³/mol. The van der Waals surface area contributed by atoms with Gasteiger partial charge in [0.25, 0.3) is 0 Å². The van der Waals surface area contributed by atoms with Gasteiger partial charge in [-0.1, -0.05) is 103 Å². The SMILES string of the molecule is CC1=CC2(c3ccc(-c4ccccc4)cc3-c3c(Cl)cc(-c4ccccc4)cc32)C2CC(C)CC1C2. The summed E-state index contributed by atoms with van der Waals surface area (Å²) in [5.74, 6) is 2.06. The minimum Gasteiger partial charge on any atom is -0.0836 e. The third-order valence-corrected chi connectivity index (χ3v) is 9.47. The first-order valence-electron chi connectivity index (χ1n) is 13.3. The molecule has 1 heteroatoms. The third kappa shape index (κ3) is 3.20. The quantitative estimate of drug-likeness (QED) is 0.247. The van der Waals surface area contributed by atoms with Crippen molar-refractivity contribution in [2.45, 2.75) is 38.5 Å². The molecule has 0 nitrogen and oxygen atoms in total. The molecule has 0 N–H and O–H groups in total. The zero-order valence-corrected chi connectivity index (χ0v) is 21.7. The minimum atomic E-state index is -0.108. The van der Waals surface area contributed by atoms with Crippen LogP contribution in [-0.4, -0.2) is 0 Å². The van der Waals surface area contributed by atoms with Gasteiger partial charge in [0.1, 0.15) is 0 Å². The molecule has 4 aromatic carbocycles. The first-order chi connectivity index (χ1) is 17.5. The zero-order chi connectivity index (χ0) is 24.4. The fourth-order valence-electron chi connectivity index (χ4n) is 7.61. The summed E-state index contributed by atoms with van der Waals surface area (Å²) in [5, 5.41) is 0.867. The second kappa shape index (κ2) is 8.22. The molecule has 2 bridgehead atoms.